The van der Waals surface area contributed by atoms with Crippen LogP contribution in [0.5, 0.6) is 0 Å². The highest BCUT2D eigenvalue weighted by Crippen LogP contribution is 2.27. The molecule has 4 amide bonds. The van der Waals surface area contributed by atoms with Gasteiger partial charge in [-0.3, -0.25) is 14.9 Å². The van der Waals surface area contributed by atoms with Gasteiger partial charge in [0.2, 0.25) is 5.22 Å². The first kappa shape index (κ1) is 13.0. The quantitative estimate of drug-likeness (QED) is 0.748. The van der Waals surface area contributed by atoms with E-state index in [-0.39, 0.29) is 17.0 Å². The summed E-state index contributed by atoms with van der Waals surface area (Å²) >= 11 is 5.78. The van der Waals surface area contributed by atoms with Gasteiger partial charge in [-0.25, -0.2) is 4.79 Å². The lowest BCUT2D eigenvalue weighted by molar-refractivity contribution is -0.125. The summed E-state index contributed by atoms with van der Waals surface area (Å²) in [7, 11) is 0. The second-order valence-electron chi connectivity index (χ2n) is 4.89. The molecule has 0 saturated carbocycles. The summed E-state index contributed by atoms with van der Waals surface area (Å²) < 4.78 is 4.90. The summed E-state index contributed by atoms with van der Waals surface area (Å²) in [6.45, 7) is 0.738. The number of urea groups is 1. The molecule has 1 aromatic rings. The van der Waals surface area contributed by atoms with Crippen LogP contribution in [-0.4, -0.2) is 41.4 Å². The van der Waals surface area contributed by atoms with Gasteiger partial charge >= 0.3 is 6.03 Å². The molecule has 3 rings (SSSR count). The fraction of sp³-hybridized carbons (Fsp3) is 0.417. The third-order valence-corrected chi connectivity index (χ3v) is 4.06. The van der Waals surface area contributed by atoms with Gasteiger partial charge in [-0.15, -0.1) is 0 Å². The summed E-state index contributed by atoms with van der Waals surface area (Å²) in [5.74, 6) is -0.556. The van der Waals surface area contributed by atoms with Crippen LogP contribution < -0.4 is 10.6 Å². The van der Waals surface area contributed by atoms with E-state index in [0.717, 1.165) is 0 Å². The second kappa shape index (κ2) is 4.52. The van der Waals surface area contributed by atoms with Gasteiger partial charge < -0.3 is 14.6 Å². The molecule has 7 nitrogen and oxygen atoms in total. The highest BCUT2D eigenvalue weighted by molar-refractivity contribution is 6.32. The number of nitrogens with zero attached hydrogens (tertiary/aromatic N) is 1. The van der Waals surface area contributed by atoms with Crippen molar-refractivity contribution in [3.8, 4) is 0 Å². The van der Waals surface area contributed by atoms with Crippen molar-refractivity contribution >= 4 is 29.4 Å². The van der Waals surface area contributed by atoms with Crippen molar-refractivity contribution in [1.29, 1.82) is 0 Å². The van der Waals surface area contributed by atoms with E-state index in [1.165, 1.54) is 12.3 Å². The summed E-state index contributed by atoms with van der Waals surface area (Å²) in [6.07, 6.45) is 2.11. The van der Waals surface area contributed by atoms with Gasteiger partial charge in [0.1, 0.15) is 5.54 Å². The Labute approximate surface area is 119 Å². The molecule has 3 heterocycles. The average molecular weight is 298 g/mol. The van der Waals surface area contributed by atoms with Crippen molar-refractivity contribution in [3.05, 3.63) is 23.1 Å². The first-order valence-electron chi connectivity index (χ1n) is 6.18. The molecule has 8 heteroatoms. The molecule has 0 radical (unpaired) electrons. The predicted octanol–water partition coefficient (Wildman–Crippen LogP) is 0.747. The van der Waals surface area contributed by atoms with Gasteiger partial charge in [0, 0.05) is 13.1 Å². The zero-order chi connectivity index (χ0) is 14.3. The molecule has 0 atom stereocenters. The molecule has 0 unspecified atom stereocenters. The van der Waals surface area contributed by atoms with E-state index in [1.54, 1.807) is 4.90 Å². The fourth-order valence-electron chi connectivity index (χ4n) is 2.59. The largest absolute Gasteiger partial charge is 0.452 e. The molecule has 2 N–H and O–H groups in total. The molecular weight excluding hydrogens is 286 g/mol. The number of nitrogens with one attached hydrogen (secondary N) is 2. The number of likely N-dealkylation sites (tertiary alicyclic amines) is 1. The van der Waals surface area contributed by atoms with E-state index in [2.05, 4.69) is 10.6 Å². The molecule has 0 aliphatic carbocycles. The maximum Gasteiger partial charge on any atom is 0.322 e. The van der Waals surface area contributed by atoms with Gasteiger partial charge in [-0.2, -0.15) is 0 Å². The van der Waals surface area contributed by atoms with Gasteiger partial charge in [0.25, 0.3) is 11.8 Å². The van der Waals surface area contributed by atoms with Crippen molar-refractivity contribution in [3.63, 3.8) is 0 Å². The molecule has 0 bridgehead atoms. The van der Waals surface area contributed by atoms with Crippen LogP contribution in [0.1, 0.15) is 23.2 Å². The normalized spacial score (nSPS) is 20.9. The van der Waals surface area contributed by atoms with Crippen molar-refractivity contribution < 1.29 is 18.8 Å². The maximum absolute atomic E-state index is 12.2. The highest BCUT2D eigenvalue weighted by Gasteiger charge is 2.48. The second-order valence-corrected chi connectivity index (χ2v) is 5.23. The van der Waals surface area contributed by atoms with Crippen molar-refractivity contribution in [2.24, 2.45) is 0 Å². The minimum Gasteiger partial charge on any atom is -0.452 e. The molecule has 2 aliphatic rings. The number of halogens is 1. The zero-order valence-corrected chi connectivity index (χ0v) is 11.2. The van der Waals surface area contributed by atoms with Crippen molar-refractivity contribution in [1.82, 2.24) is 15.5 Å². The van der Waals surface area contributed by atoms with Gasteiger partial charge in [0.05, 0.1) is 11.8 Å². The molecule has 1 spiro atoms. The number of hydrogen-bond donors (Lipinski definition) is 2. The van der Waals surface area contributed by atoms with Crippen LogP contribution >= 0.6 is 11.6 Å². The Hall–Kier alpha value is -2.02. The monoisotopic (exact) mass is 297 g/mol. The van der Waals surface area contributed by atoms with Crippen molar-refractivity contribution in [2.75, 3.05) is 13.1 Å². The van der Waals surface area contributed by atoms with Crippen LogP contribution in [0.15, 0.2) is 16.7 Å². The topological polar surface area (TPSA) is 91.7 Å². The van der Waals surface area contributed by atoms with Crippen LogP contribution in [0.25, 0.3) is 0 Å². The Morgan fingerprint density at radius 2 is 2.05 bits per heavy atom. The lowest BCUT2D eigenvalue weighted by Gasteiger charge is -2.36. The van der Waals surface area contributed by atoms with Crippen LogP contribution in [0, 0.1) is 0 Å². The summed E-state index contributed by atoms with van der Waals surface area (Å²) in [5, 5.41) is 4.93. The average Bonchev–Trinajstić information content (AvgIpc) is 2.95. The van der Waals surface area contributed by atoms with Gasteiger partial charge in [-0.1, -0.05) is 0 Å². The van der Waals surface area contributed by atoms with Crippen molar-refractivity contribution in [2.45, 2.75) is 18.4 Å². The fourth-order valence-corrected chi connectivity index (χ4v) is 2.78. The Morgan fingerprint density at radius 1 is 1.35 bits per heavy atom. The third kappa shape index (κ3) is 1.94. The molecule has 1 aromatic heterocycles. The number of piperidine rings is 1. The lowest BCUT2D eigenvalue weighted by atomic mass is 9.87. The van der Waals surface area contributed by atoms with Gasteiger partial charge in [-0.05, 0) is 30.5 Å². The molecule has 20 heavy (non-hydrogen) atoms. The minimum atomic E-state index is -0.881. The Bertz CT molecular complexity index is 589. The smallest absolute Gasteiger partial charge is 0.322 e. The number of amides is 4. The van der Waals surface area contributed by atoms with Gasteiger partial charge in [0.15, 0.2) is 0 Å². The standard InChI is InChI=1S/C12H12ClN3O4/c13-8-7(1-6-20-8)9(17)16-4-2-12(3-5-16)10(18)14-11(19)15-12/h1,6H,2-5H2,(H2,14,15,18,19). The van der Waals surface area contributed by atoms with E-state index in [1.807, 2.05) is 0 Å². The number of imide groups is 1. The Balaban J connectivity index is 1.70. The number of carbonyl (C=O) groups excluding carboxylic acids is 3. The SMILES string of the molecule is O=C1NC(=O)C2(CCN(C(=O)c3ccoc3Cl)CC2)N1. The van der Waals surface area contributed by atoms with E-state index in [0.29, 0.717) is 31.5 Å². The van der Waals surface area contributed by atoms with Crippen LogP contribution in [0.2, 0.25) is 5.22 Å². The first-order chi connectivity index (χ1) is 9.52. The first-order valence-corrected chi connectivity index (χ1v) is 6.55. The van der Waals surface area contributed by atoms with E-state index >= 15 is 0 Å². The molecular formula is C12H12ClN3O4. The summed E-state index contributed by atoms with van der Waals surface area (Å²) in [5.41, 5.74) is -0.573. The third-order valence-electron chi connectivity index (χ3n) is 3.77. The Morgan fingerprint density at radius 3 is 2.55 bits per heavy atom. The number of rotatable bonds is 1. The number of furan rings is 1. The molecule has 0 aromatic carbocycles. The number of carbonyl (C=O) groups is 3. The summed E-state index contributed by atoms with van der Waals surface area (Å²) in [6, 6.07) is 1.03. The Kier molecular flexibility index (Phi) is 2.93. The van der Waals surface area contributed by atoms with Crippen LogP contribution in [-0.2, 0) is 4.79 Å². The molecule has 2 fully saturated rings. The molecule has 2 aliphatic heterocycles. The predicted molar refractivity (Wildman–Crippen MR) is 68.3 cm³/mol. The number of hydrogen-bond acceptors (Lipinski definition) is 4. The molecule has 106 valence electrons. The lowest BCUT2D eigenvalue weighted by Crippen LogP contribution is -2.55. The van der Waals surface area contributed by atoms with Crippen LogP contribution in [0.4, 0.5) is 4.79 Å². The zero-order valence-electron chi connectivity index (χ0n) is 10.4. The van der Waals surface area contributed by atoms with E-state index in [4.69, 9.17) is 16.0 Å². The highest BCUT2D eigenvalue weighted by atomic mass is 35.5. The molecule has 2 saturated heterocycles. The van der Waals surface area contributed by atoms with Crippen LogP contribution in [0.3, 0.4) is 0 Å². The minimum absolute atomic E-state index is 0.0576. The van der Waals surface area contributed by atoms with E-state index < -0.39 is 11.6 Å². The summed E-state index contributed by atoms with van der Waals surface area (Å²) in [4.78, 5) is 36.8. The maximum atomic E-state index is 12.2. The van der Waals surface area contributed by atoms with E-state index in [9.17, 15) is 14.4 Å².